The lowest BCUT2D eigenvalue weighted by molar-refractivity contribution is -0.139. The maximum atomic E-state index is 12.6. The molecule has 0 saturated carbocycles. The molecule has 0 fully saturated rings. The Hall–Kier alpha value is -3.35. The molecule has 0 saturated heterocycles. The average molecular weight is 398 g/mol. The molecule has 1 aliphatic heterocycles. The number of benzene rings is 1. The Labute approximate surface area is 170 Å². The van der Waals surface area contributed by atoms with Gasteiger partial charge in [-0.05, 0) is 42.7 Å². The minimum absolute atomic E-state index is 0.00666. The van der Waals surface area contributed by atoms with E-state index in [1.54, 1.807) is 36.6 Å². The highest BCUT2D eigenvalue weighted by Gasteiger charge is 2.28. The van der Waals surface area contributed by atoms with Crippen molar-refractivity contribution in [1.82, 2.24) is 5.32 Å². The summed E-state index contributed by atoms with van der Waals surface area (Å²) in [4.78, 5) is 38.9. The number of hydrogen-bond acceptors (Lipinski definition) is 6. The molecule has 1 N–H and O–H groups in total. The molecule has 0 radical (unpaired) electrons. The predicted molar refractivity (Wildman–Crippen MR) is 110 cm³/mol. The fourth-order valence-corrected chi connectivity index (χ4v) is 2.76. The fraction of sp³-hybridized carbons (Fsp3) is 0.318. The van der Waals surface area contributed by atoms with Crippen molar-refractivity contribution in [3.8, 4) is 0 Å². The van der Waals surface area contributed by atoms with Crippen molar-refractivity contribution >= 4 is 23.5 Å². The van der Waals surface area contributed by atoms with Crippen molar-refractivity contribution in [2.24, 2.45) is 5.92 Å². The predicted octanol–water partition coefficient (Wildman–Crippen LogP) is 2.87. The zero-order chi connectivity index (χ0) is 21.6. The minimum atomic E-state index is -0.698. The van der Waals surface area contributed by atoms with Crippen LogP contribution in [0.2, 0.25) is 0 Å². The molecular formula is C22H26N2O5. The summed E-state index contributed by atoms with van der Waals surface area (Å²) in [6.07, 6.45) is 6.44. The van der Waals surface area contributed by atoms with Crippen LogP contribution in [0.3, 0.4) is 0 Å². The van der Waals surface area contributed by atoms with Gasteiger partial charge < -0.3 is 19.7 Å². The van der Waals surface area contributed by atoms with Gasteiger partial charge in [-0.25, -0.2) is 9.59 Å². The number of nitrogens with one attached hydrogen (secondary N) is 1. The molecule has 1 heterocycles. The third-order valence-corrected chi connectivity index (χ3v) is 4.29. The maximum Gasteiger partial charge on any atom is 0.355 e. The third kappa shape index (κ3) is 5.13. The van der Waals surface area contributed by atoms with Crippen LogP contribution in [0.25, 0.3) is 0 Å². The second-order valence-corrected chi connectivity index (χ2v) is 6.92. The third-order valence-electron chi connectivity index (χ3n) is 4.29. The molecule has 0 atom stereocenters. The first-order valence-corrected chi connectivity index (χ1v) is 9.24. The Balaban J connectivity index is 2.58. The number of carbonyl (C=O) groups is 3. The number of rotatable bonds is 6. The van der Waals surface area contributed by atoms with Gasteiger partial charge in [0.05, 0.1) is 19.8 Å². The highest BCUT2D eigenvalue weighted by Crippen LogP contribution is 2.30. The van der Waals surface area contributed by atoms with Crippen LogP contribution < -0.4 is 10.2 Å². The van der Waals surface area contributed by atoms with Crippen molar-refractivity contribution in [3.63, 3.8) is 0 Å². The van der Waals surface area contributed by atoms with Crippen LogP contribution in [0.15, 0.2) is 53.9 Å². The Morgan fingerprint density at radius 1 is 1.07 bits per heavy atom. The minimum Gasteiger partial charge on any atom is -0.465 e. The van der Waals surface area contributed by atoms with Gasteiger partial charge in [-0.15, -0.1) is 0 Å². The van der Waals surface area contributed by atoms with E-state index in [4.69, 9.17) is 9.47 Å². The first-order chi connectivity index (χ1) is 13.8. The molecule has 0 spiro atoms. The molecule has 7 heteroatoms. The van der Waals surface area contributed by atoms with Gasteiger partial charge in [0, 0.05) is 24.0 Å². The number of esters is 2. The van der Waals surface area contributed by atoms with Crippen LogP contribution in [0, 0.1) is 12.8 Å². The standard InChI is InChI=1S/C22H26N2O5/c1-14(2)13-23-20(25)16-10-9-15(3)18(12-16)24-11-7-6-8-17(21(26)28-4)19(24)22(27)29-5/h6-12,14H,13H2,1-5H3,(H,23,25). The molecule has 1 aromatic rings. The zero-order valence-electron chi connectivity index (χ0n) is 17.3. The number of hydrogen-bond donors (Lipinski definition) is 1. The molecule has 0 aliphatic carbocycles. The summed E-state index contributed by atoms with van der Waals surface area (Å²) >= 11 is 0. The second kappa shape index (κ2) is 9.73. The topological polar surface area (TPSA) is 84.9 Å². The highest BCUT2D eigenvalue weighted by molar-refractivity contribution is 6.06. The van der Waals surface area contributed by atoms with Gasteiger partial charge in [-0.3, -0.25) is 4.79 Å². The smallest absolute Gasteiger partial charge is 0.355 e. The van der Waals surface area contributed by atoms with E-state index >= 15 is 0 Å². The van der Waals surface area contributed by atoms with Gasteiger partial charge in [0.15, 0.2) is 0 Å². The maximum absolute atomic E-state index is 12.6. The highest BCUT2D eigenvalue weighted by atomic mass is 16.5. The monoisotopic (exact) mass is 398 g/mol. The molecule has 29 heavy (non-hydrogen) atoms. The van der Waals surface area contributed by atoms with Gasteiger partial charge in [0.1, 0.15) is 5.70 Å². The van der Waals surface area contributed by atoms with Crippen molar-refractivity contribution < 1.29 is 23.9 Å². The van der Waals surface area contributed by atoms with Crippen LogP contribution in [0.5, 0.6) is 0 Å². The molecule has 1 aromatic carbocycles. The second-order valence-electron chi connectivity index (χ2n) is 6.92. The summed E-state index contributed by atoms with van der Waals surface area (Å²) in [6, 6.07) is 5.19. The van der Waals surface area contributed by atoms with Crippen molar-refractivity contribution in [2.45, 2.75) is 20.8 Å². The van der Waals surface area contributed by atoms with E-state index < -0.39 is 11.9 Å². The lowest BCUT2D eigenvalue weighted by Crippen LogP contribution is -2.29. The van der Waals surface area contributed by atoms with Crippen molar-refractivity contribution in [2.75, 3.05) is 25.7 Å². The van der Waals surface area contributed by atoms with Crippen molar-refractivity contribution in [3.05, 3.63) is 65.0 Å². The number of anilines is 1. The molecule has 1 amide bonds. The molecule has 0 unspecified atom stereocenters. The quantitative estimate of drug-likeness (QED) is 0.742. The lowest BCUT2D eigenvalue weighted by atomic mass is 10.1. The van der Waals surface area contributed by atoms with E-state index in [1.807, 2.05) is 20.8 Å². The Morgan fingerprint density at radius 2 is 1.76 bits per heavy atom. The number of amides is 1. The van der Waals surface area contributed by atoms with E-state index in [0.717, 1.165) is 5.56 Å². The SMILES string of the molecule is COC(=O)C1=C(C(=O)OC)N(c2cc(C(=O)NCC(C)C)ccc2C)C=CC=C1. The van der Waals surface area contributed by atoms with Crippen LogP contribution >= 0.6 is 0 Å². The van der Waals surface area contributed by atoms with Gasteiger partial charge in [-0.2, -0.15) is 0 Å². The van der Waals surface area contributed by atoms with E-state index in [0.29, 0.717) is 23.7 Å². The van der Waals surface area contributed by atoms with E-state index in [-0.39, 0.29) is 17.2 Å². The van der Waals surface area contributed by atoms with Gasteiger partial charge in [-0.1, -0.05) is 26.0 Å². The van der Waals surface area contributed by atoms with Crippen molar-refractivity contribution in [1.29, 1.82) is 0 Å². The van der Waals surface area contributed by atoms with E-state index in [1.165, 1.54) is 25.2 Å². The first kappa shape index (κ1) is 21.9. The molecule has 1 aliphatic rings. The Kier molecular flexibility index (Phi) is 7.36. The Morgan fingerprint density at radius 3 is 2.38 bits per heavy atom. The van der Waals surface area contributed by atoms with Crippen LogP contribution in [-0.2, 0) is 19.1 Å². The number of carbonyl (C=O) groups excluding carboxylic acids is 3. The molecule has 7 nitrogen and oxygen atoms in total. The summed E-state index contributed by atoms with van der Waals surface area (Å²) in [7, 11) is 2.48. The van der Waals surface area contributed by atoms with Gasteiger partial charge in [0.2, 0.25) is 0 Å². The van der Waals surface area contributed by atoms with E-state index in [2.05, 4.69) is 5.32 Å². The summed E-state index contributed by atoms with van der Waals surface area (Å²) in [5.74, 6) is -1.26. The number of methoxy groups -OCH3 is 2. The number of ether oxygens (including phenoxy) is 2. The molecule has 0 bridgehead atoms. The normalized spacial score (nSPS) is 13.4. The molecule has 0 aromatic heterocycles. The van der Waals surface area contributed by atoms with Crippen LogP contribution in [0.1, 0.15) is 29.8 Å². The average Bonchev–Trinajstić information content (AvgIpc) is 2.94. The van der Waals surface area contributed by atoms with Gasteiger partial charge >= 0.3 is 11.9 Å². The zero-order valence-corrected chi connectivity index (χ0v) is 17.3. The summed E-state index contributed by atoms with van der Waals surface area (Å²) < 4.78 is 9.74. The van der Waals surface area contributed by atoms with E-state index in [9.17, 15) is 14.4 Å². The first-order valence-electron chi connectivity index (χ1n) is 9.24. The summed E-state index contributed by atoms with van der Waals surface area (Å²) in [6.45, 7) is 6.43. The van der Waals surface area contributed by atoms with Crippen LogP contribution in [0.4, 0.5) is 5.69 Å². The summed E-state index contributed by atoms with van der Waals surface area (Å²) in [5, 5.41) is 2.88. The number of aryl methyl sites for hydroxylation is 1. The van der Waals surface area contributed by atoms with Gasteiger partial charge in [0.25, 0.3) is 5.91 Å². The molecular weight excluding hydrogens is 372 g/mol. The molecule has 2 rings (SSSR count). The largest absolute Gasteiger partial charge is 0.465 e. The fourth-order valence-electron chi connectivity index (χ4n) is 2.76. The lowest BCUT2D eigenvalue weighted by Gasteiger charge is -2.25. The number of allylic oxidation sites excluding steroid dienone is 2. The Bertz CT molecular complexity index is 896. The number of nitrogens with zero attached hydrogens (tertiary/aromatic N) is 1. The summed E-state index contributed by atoms with van der Waals surface area (Å²) in [5.41, 5.74) is 1.89. The van der Waals surface area contributed by atoms with Crippen LogP contribution in [-0.4, -0.2) is 38.6 Å². The molecule has 154 valence electrons.